The summed E-state index contributed by atoms with van der Waals surface area (Å²) in [6.07, 6.45) is 22.2. The molecule has 2 unspecified atom stereocenters. The van der Waals surface area contributed by atoms with Gasteiger partial charge in [0.15, 0.2) is 5.65 Å². The van der Waals surface area contributed by atoms with Crippen molar-refractivity contribution < 1.29 is 0 Å². The van der Waals surface area contributed by atoms with E-state index in [0.29, 0.717) is 12.5 Å². The Kier molecular flexibility index (Phi) is 17.3. The lowest BCUT2D eigenvalue weighted by molar-refractivity contribution is 0.676. The second-order valence-corrected chi connectivity index (χ2v) is 19.9. The highest BCUT2D eigenvalue weighted by atomic mass is 15.2. The molecule has 0 aliphatic heterocycles. The van der Waals surface area contributed by atoms with Gasteiger partial charge in [0.05, 0.1) is 23.1 Å². The van der Waals surface area contributed by atoms with E-state index in [2.05, 4.69) is 246 Å². The number of aliphatic imine (C=N–C) groups is 1. The van der Waals surface area contributed by atoms with Gasteiger partial charge in [-0.2, -0.15) is 0 Å². The number of nitrogens with one attached hydrogen (secondary N) is 1. The molecule has 3 aromatic heterocycles. The third-order valence-corrected chi connectivity index (χ3v) is 14.3. The summed E-state index contributed by atoms with van der Waals surface area (Å²) in [4.78, 5) is 10.6. The van der Waals surface area contributed by atoms with E-state index in [1.807, 2.05) is 68.5 Å². The van der Waals surface area contributed by atoms with E-state index < -0.39 is 0 Å². The van der Waals surface area contributed by atoms with Crippen molar-refractivity contribution in [2.45, 2.75) is 53.2 Å². The number of hydrogen-bond acceptors (Lipinski definition) is 3. The van der Waals surface area contributed by atoms with Gasteiger partial charge in [0.25, 0.3) is 0 Å². The molecule has 7 nitrogen and oxygen atoms in total. The van der Waals surface area contributed by atoms with Crippen LogP contribution >= 0.6 is 0 Å². The predicted octanol–water partition coefficient (Wildman–Crippen LogP) is 18.3. The summed E-state index contributed by atoms with van der Waals surface area (Å²) in [5, 5.41) is 7.05. The van der Waals surface area contributed by atoms with E-state index in [0.717, 1.165) is 108 Å². The fourth-order valence-corrected chi connectivity index (χ4v) is 10.3. The Morgan fingerprint density at radius 3 is 1.90 bits per heavy atom. The van der Waals surface area contributed by atoms with Crippen LogP contribution in [-0.4, -0.2) is 24.5 Å². The van der Waals surface area contributed by atoms with Crippen LogP contribution in [0.25, 0.3) is 83.4 Å². The minimum Gasteiger partial charge on any atom is -0.351 e. The molecule has 1 aliphatic rings. The minimum atomic E-state index is -0.378. The molecule has 0 radical (unpaired) electrons. The van der Waals surface area contributed by atoms with E-state index in [-0.39, 0.29) is 6.17 Å². The van der Waals surface area contributed by atoms with Gasteiger partial charge in [-0.1, -0.05) is 227 Å². The lowest BCUT2D eigenvalue weighted by Crippen LogP contribution is -2.35. The molecule has 396 valence electrons. The predicted molar refractivity (Wildman–Crippen MR) is 341 cm³/mol. The SMILES string of the molecule is C/C=C\C=C/CC.C=C/C=C\C.CC1C=CC(C(=NCc2cccc(-c3ccc(-n4c5ccccc5c5cc6c7c(nc(-c8ccccc8)n7-c7ccccc7)n(-c7ccccc7)c6cc54)cc3)c2)NC(N)c2ccccc2)=CC1. The highest BCUT2D eigenvalue weighted by Gasteiger charge is 2.25. The molecule has 80 heavy (non-hydrogen) atoms. The van der Waals surface area contributed by atoms with Crippen LogP contribution in [0.2, 0.25) is 0 Å². The van der Waals surface area contributed by atoms with Crippen LogP contribution in [0.5, 0.6) is 0 Å². The maximum atomic E-state index is 6.67. The van der Waals surface area contributed by atoms with Crippen LogP contribution < -0.4 is 11.1 Å². The molecule has 0 saturated heterocycles. The summed E-state index contributed by atoms with van der Waals surface area (Å²) >= 11 is 0. The Morgan fingerprint density at radius 2 is 1.25 bits per heavy atom. The fourth-order valence-electron chi connectivity index (χ4n) is 10.3. The van der Waals surface area contributed by atoms with Crippen molar-refractivity contribution in [3.8, 4) is 39.6 Å². The monoisotopic (exact) mass is 1040 g/mol. The van der Waals surface area contributed by atoms with Gasteiger partial charge in [0, 0.05) is 44.4 Å². The zero-order chi connectivity index (χ0) is 55.2. The first-order chi connectivity index (χ1) is 39.4. The third-order valence-electron chi connectivity index (χ3n) is 14.3. The Morgan fingerprint density at radius 1 is 0.625 bits per heavy atom. The van der Waals surface area contributed by atoms with Crippen molar-refractivity contribution in [3.05, 3.63) is 290 Å². The number of para-hydroxylation sites is 3. The van der Waals surface area contributed by atoms with E-state index in [4.69, 9.17) is 15.7 Å². The quantitative estimate of drug-likeness (QED) is 0.0523. The minimum absolute atomic E-state index is 0.378. The van der Waals surface area contributed by atoms with Crippen molar-refractivity contribution in [2.75, 3.05) is 0 Å². The molecule has 0 bridgehead atoms. The number of allylic oxidation sites excluding steroid dienone is 9. The summed E-state index contributed by atoms with van der Waals surface area (Å²) in [5.41, 5.74) is 21.8. The van der Waals surface area contributed by atoms with Gasteiger partial charge >= 0.3 is 0 Å². The van der Waals surface area contributed by atoms with Crippen molar-refractivity contribution in [3.63, 3.8) is 0 Å². The highest BCUT2D eigenvalue weighted by Crippen LogP contribution is 2.42. The normalized spacial score (nSPS) is 13.9. The van der Waals surface area contributed by atoms with Gasteiger partial charge < -0.3 is 15.6 Å². The van der Waals surface area contributed by atoms with Crippen molar-refractivity contribution in [1.82, 2.24) is 24.0 Å². The molecule has 7 heteroatoms. The molecule has 11 aromatic rings. The van der Waals surface area contributed by atoms with Crippen molar-refractivity contribution in [2.24, 2.45) is 16.6 Å². The van der Waals surface area contributed by atoms with Gasteiger partial charge in [0.1, 0.15) is 23.3 Å². The molecular weight excluding hydrogens is 975 g/mol. The summed E-state index contributed by atoms with van der Waals surface area (Å²) in [7, 11) is 0. The molecule has 12 rings (SSSR count). The van der Waals surface area contributed by atoms with Gasteiger partial charge in [-0.05, 0) is 116 Å². The lowest BCUT2D eigenvalue weighted by Gasteiger charge is -2.20. The van der Waals surface area contributed by atoms with Crippen molar-refractivity contribution >= 4 is 49.7 Å². The molecule has 0 amide bonds. The van der Waals surface area contributed by atoms with Crippen LogP contribution in [0, 0.1) is 5.92 Å². The van der Waals surface area contributed by atoms with Gasteiger partial charge in [-0.25, -0.2) is 4.98 Å². The molecule has 0 fully saturated rings. The van der Waals surface area contributed by atoms with Crippen LogP contribution in [0.4, 0.5) is 0 Å². The molecular formula is C73H69N7. The number of aromatic nitrogens is 4. The van der Waals surface area contributed by atoms with E-state index >= 15 is 0 Å². The summed E-state index contributed by atoms with van der Waals surface area (Å²) in [6.45, 7) is 12.3. The highest BCUT2D eigenvalue weighted by molar-refractivity contribution is 6.18. The summed E-state index contributed by atoms with van der Waals surface area (Å²) in [6, 6.07) is 73.0. The van der Waals surface area contributed by atoms with Crippen LogP contribution in [0.3, 0.4) is 0 Å². The van der Waals surface area contributed by atoms with E-state index in [9.17, 15) is 0 Å². The zero-order valence-corrected chi connectivity index (χ0v) is 46.2. The lowest BCUT2D eigenvalue weighted by atomic mass is 9.97. The van der Waals surface area contributed by atoms with Gasteiger partial charge in [-0.3, -0.25) is 14.1 Å². The smallest absolute Gasteiger partial charge is 0.165 e. The standard InChI is InChI=1S/C61H49N7.C7H12.C5H8/c1-41-29-31-45(32-30-41)59(64-58(62)44-18-6-2-7-19-44)63-40-42-17-16-22-47(37-42)43-33-35-50(36-34-43)66-54-28-15-14-27-51(54)52-38-53-56(39-55(52)66)67(48-23-10-4-11-24-48)61-57(53)68(49-25-12-5-13-26-49)60(65-61)46-20-8-3-9-21-46;1-3-5-7-6-4-2;1-3-5-4-2/h2-29,31-39,41,58H,30,40,62H2,1H3,(H,63,64);3,5-7H,4H2,1-2H3;3-5H,1H2,2H3/b;5-3-,7-6-;5-4-. The topological polar surface area (TPSA) is 78.1 Å². The van der Waals surface area contributed by atoms with E-state index in [1.54, 1.807) is 6.08 Å². The molecule has 1 aliphatic carbocycles. The Balaban J connectivity index is 0.000000544. The fraction of sp³-hybridized carbons (Fsp3) is 0.123. The number of fused-ring (bicyclic) bond motifs is 6. The number of nitrogens with two attached hydrogens (primary N) is 1. The molecule has 8 aromatic carbocycles. The molecule has 3 N–H and O–H groups in total. The average Bonchev–Trinajstić information content (AvgIpc) is 4.32. The van der Waals surface area contributed by atoms with Crippen LogP contribution in [-0.2, 0) is 6.54 Å². The largest absolute Gasteiger partial charge is 0.351 e. The van der Waals surface area contributed by atoms with Gasteiger partial charge in [-0.15, -0.1) is 0 Å². The average molecular weight is 1040 g/mol. The Labute approximate surface area is 471 Å². The Bertz CT molecular complexity index is 4060. The number of nitrogens with zero attached hydrogens (tertiary/aromatic N) is 5. The van der Waals surface area contributed by atoms with Crippen molar-refractivity contribution in [1.29, 1.82) is 0 Å². The first kappa shape index (κ1) is 53.8. The summed E-state index contributed by atoms with van der Waals surface area (Å²) in [5.74, 6) is 2.21. The zero-order valence-electron chi connectivity index (χ0n) is 46.2. The number of amidine groups is 1. The molecule has 0 saturated carbocycles. The molecule has 3 heterocycles. The maximum Gasteiger partial charge on any atom is 0.165 e. The van der Waals surface area contributed by atoms with Gasteiger partial charge in [0.2, 0.25) is 0 Å². The number of benzene rings is 8. The second-order valence-electron chi connectivity index (χ2n) is 19.9. The molecule has 0 spiro atoms. The summed E-state index contributed by atoms with van der Waals surface area (Å²) < 4.78 is 7.07. The number of rotatable bonds is 13. The second kappa shape index (κ2) is 25.7. The van der Waals surface area contributed by atoms with Crippen LogP contribution in [0.15, 0.2) is 284 Å². The van der Waals surface area contributed by atoms with E-state index in [1.165, 1.54) is 10.8 Å². The first-order valence-corrected chi connectivity index (χ1v) is 27.8. The third kappa shape index (κ3) is 11.8. The first-order valence-electron chi connectivity index (χ1n) is 27.8. The van der Waals surface area contributed by atoms with Crippen LogP contribution in [0.1, 0.15) is 57.8 Å². The maximum absolute atomic E-state index is 6.67. The molecule has 2 atom stereocenters. The Hall–Kier alpha value is -9.56. The number of hydrogen-bond donors (Lipinski definition) is 2. The number of imidazole rings is 1.